The van der Waals surface area contributed by atoms with Crippen LogP contribution in [0.15, 0.2) is 22.9 Å². The van der Waals surface area contributed by atoms with Gasteiger partial charge >= 0.3 is 0 Å². The van der Waals surface area contributed by atoms with Crippen molar-refractivity contribution in [3.05, 3.63) is 37.7 Å². The van der Waals surface area contributed by atoms with Crippen LogP contribution >= 0.6 is 43.5 Å². The van der Waals surface area contributed by atoms with Crippen molar-refractivity contribution in [2.45, 2.75) is 0 Å². The number of thiophene rings is 2. The monoisotopic (exact) mass is 303 g/mol. The summed E-state index contributed by atoms with van der Waals surface area (Å²) in [5, 5.41) is 6.60. The van der Waals surface area contributed by atoms with Crippen molar-refractivity contribution in [2.75, 3.05) is 5.32 Å². The third-order valence-corrected chi connectivity index (χ3v) is 4.73. The number of nitrogens with one attached hydrogen (secondary N) is 1. The summed E-state index contributed by atoms with van der Waals surface area (Å²) in [7, 11) is 2.10. The predicted octanol–water partition coefficient (Wildman–Crippen LogP) is 3.73. The van der Waals surface area contributed by atoms with Crippen molar-refractivity contribution >= 4 is 60.6 Å². The molecule has 0 aliphatic rings. The predicted molar refractivity (Wildman–Crippen MR) is 75.6 cm³/mol. The maximum atomic E-state index is 11.8. The average molecular weight is 304 g/mol. The Balaban J connectivity index is 2.13. The minimum atomic E-state index is -0.259. The van der Waals surface area contributed by atoms with Gasteiger partial charge in [0.15, 0.2) is 5.52 Å². The Bertz CT molecular complexity index is 578. The molecule has 7 heteroatoms. The first kappa shape index (κ1) is 12.7. The Morgan fingerprint density at radius 3 is 2.65 bits per heavy atom. The average Bonchev–Trinajstić information content (AvgIpc) is 2.86. The molecule has 0 aliphatic carbocycles. The molecule has 88 valence electrons. The second kappa shape index (κ2) is 5.27. The van der Waals surface area contributed by atoms with E-state index >= 15 is 0 Å². The summed E-state index contributed by atoms with van der Waals surface area (Å²) in [5.74, 6) is -0.259. The highest BCUT2D eigenvalue weighted by Gasteiger charge is 2.13. The second-order valence-electron chi connectivity index (χ2n) is 3.12. The molecule has 0 radical (unpaired) electrons. The number of hydrogen-bond donors (Lipinski definition) is 1. The van der Waals surface area contributed by atoms with Gasteiger partial charge in [0.2, 0.25) is 0 Å². The molecule has 2 aromatic rings. The number of anilines is 1. The van der Waals surface area contributed by atoms with Gasteiger partial charge in [0.05, 0.1) is 15.6 Å². The summed E-state index contributed by atoms with van der Waals surface area (Å²) in [4.78, 5) is 23.9. The lowest BCUT2D eigenvalue weighted by molar-refractivity contribution is 0.102. The van der Waals surface area contributed by atoms with Gasteiger partial charge in [-0.15, -0.1) is 22.7 Å². The summed E-state index contributed by atoms with van der Waals surface area (Å²) in [6.45, 7) is 0. The number of carbonyl (C=O) groups excluding carboxylic acids is 2. The van der Waals surface area contributed by atoms with Gasteiger partial charge in [0.1, 0.15) is 4.88 Å². The largest absolute Gasteiger partial charge is 0.320 e. The van der Waals surface area contributed by atoms with Crippen LogP contribution in [0.4, 0.5) is 5.69 Å². The number of amides is 1. The van der Waals surface area contributed by atoms with Crippen LogP contribution in [-0.4, -0.2) is 11.4 Å². The highest BCUT2D eigenvalue weighted by atomic mass is 35.5. The molecule has 0 saturated heterocycles. The Kier molecular flexibility index (Phi) is 3.94. The van der Waals surface area contributed by atoms with Crippen molar-refractivity contribution in [1.82, 2.24) is 0 Å². The molecule has 1 N–H and O–H groups in total. The van der Waals surface area contributed by atoms with Gasteiger partial charge in [-0.3, -0.25) is 9.59 Å². The standard InChI is InChI=1S/C10H7ClNO2PS2/c11-6-1-2-16-8(6)9(13)12-5-3-7(10(14)15)17-4-5/h1-4H,15H2,(H,12,13). The maximum absolute atomic E-state index is 11.8. The van der Waals surface area contributed by atoms with Crippen LogP contribution < -0.4 is 5.32 Å². The van der Waals surface area contributed by atoms with Gasteiger partial charge in [0, 0.05) is 5.38 Å². The highest BCUT2D eigenvalue weighted by molar-refractivity contribution is 7.43. The van der Waals surface area contributed by atoms with Crippen LogP contribution in [0.2, 0.25) is 5.02 Å². The lowest BCUT2D eigenvalue weighted by Gasteiger charge is -2.00. The molecule has 0 saturated carbocycles. The van der Waals surface area contributed by atoms with E-state index in [1.54, 1.807) is 22.9 Å². The fourth-order valence-corrected chi connectivity index (χ4v) is 3.19. The minimum absolute atomic E-state index is 0.0929. The van der Waals surface area contributed by atoms with Crippen LogP contribution in [0.25, 0.3) is 0 Å². The van der Waals surface area contributed by atoms with E-state index in [0.29, 0.717) is 20.5 Å². The number of rotatable bonds is 3. The molecule has 0 aliphatic heterocycles. The van der Waals surface area contributed by atoms with Crippen molar-refractivity contribution in [2.24, 2.45) is 0 Å². The van der Waals surface area contributed by atoms with Crippen molar-refractivity contribution < 1.29 is 9.59 Å². The fourth-order valence-electron chi connectivity index (χ4n) is 1.17. The van der Waals surface area contributed by atoms with E-state index < -0.39 is 0 Å². The lowest BCUT2D eigenvalue weighted by Crippen LogP contribution is -2.09. The SMILES string of the molecule is O=C(P)c1cc(NC(=O)c2sccc2Cl)cs1. The van der Waals surface area contributed by atoms with Gasteiger partial charge in [-0.25, -0.2) is 0 Å². The van der Waals surface area contributed by atoms with E-state index in [9.17, 15) is 9.59 Å². The molecule has 1 amide bonds. The van der Waals surface area contributed by atoms with Gasteiger partial charge in [0.25, 0.3) is 5.91 Å². The summed E-state index contributed by atoms with van der Waals surface area (Å²) >= 11 is 8.42. The van der Waals surface area contributed by atoms with Gasteiger partial charge in [-0.05, 0) is 17.5 Å². The van der Waals surface area contributed by atoms with Crippen LogP contribution in [0.1, 0.15) is 19.3 Å². The minimum Gasteiger partial charge on any atom is -0.320 e. The molecular weight excluding hydrogens is 297 g/mol. The quantitative estimate of drug-likeness (QED) is 0.878. The van der Waals surface area contributed by atoms with Crippen LogP contribution in [0, 0.1) is 0 Å². The van der Waals surface area contributed by atoms with E-state index in [4.69, 9.17) is 11.6 Å². The van der Waals surface area contributed by atoms with E-state index in [2.05, 4.69) is 14.6 Å². The van der Waals surface area contributed by atoms with Gasteiger partial charge in [-0.1, -0.05) is 20.8 Å². The molecule has 2 aromatic heterocycles. The van der Waals surface area contributed by atoms with Crippen LogP contribution in [0.5, 0.6) is 0 Å². The molecule has 0 spiro atoms. The summed E-state index contributed by atoms with van der Waals surface area (Å²) < 4.78 is 0. The van der Waals surface area contributed by atoms with Gasteiger partial charge < -0.3 is 5.32 Å². The van der Waals surface area contributed by atoms with Gasteiger partial charge in [-0.2, -0.15) is 0 Å². The normalized spacial score (nSPS) is 10.2. The Labute approximate surface area is 113 Å². The first-order valence-corrected chi connectivity index (χ1v) is 7.22. The Morgan fingerprint density at radius 1 is 1.35 bits per heavy atom. The molecule has 2 heterocycles. The molecule has 3 nitrogen and oxygen atoms in total. The zero-order valence-corrected chi connectivity index (χ0v) is 11.9. The topological polar surface area (TPSA) is 46.2 Å². The zero-order valence-electron chi connectivity index (χ0n) is 8.40. The summed E-state index contributed by atoms with van der Waals surface area (Å²) in [6, 6.07) is 3.31. The first-order valence-electron chi connectivity index (χ1n) is 4.50. The van der Waals surface area contributed by atoms with Crippen molar-refractivity contribution in [3.63, 3.8) is 0 Å². The third-order valence-electron chi connectivity index (χ3n) is 1.92. The van der Waals surface area contributed by atoms with E-state index in [1.807, 2.05) is 0 Å². The first-order chi connectivity index (χ1) is 8.08. The maximum Gasteiger partial charge on any atom is 0.267 e. The van der Waals surface area contributed by atoms with Crippen LogP contribution in [0.3, 0.4) is 0 Å². The molecule has 0 bridgehead atoms. The molecule has 1 unspecified atom stereocenters. The van der Waals surface area contributed by atoms with E-state index in [1.165, 1.54) is 22.7 Å². The summed E-state index contributed by atoms with van der Waals surface area (Å²) in [6.07, 6.45) is 0. The van der Waals surface area contributed by atoms with Crippen LogP contribution in [-0.2, 0) is 0 Å². The summed E-state index contributed by atoms with van der Waals surface area (Å²) in [5.41, 5.74) is 0.514. The van der Waals surface area contributed by atoms with E-state index in [0.717, 1.165) is 0 Å². The molecule has 2 rings (SSSR count). The molecular formula is C10H7ClNO2PS2. The molecule has 0 fully saturated rings. The Morgan fingerprint density at radius 2 is 2.12 bits per heavy atom. The fraction of sp³-hybridized carbons (Fsp3) is 0. The molecule has 17 heavy (non-hydrogen) atoms. The van der Waals surface area contributed by atoms with E-state index in [-0.39, 0.29) is 11.4 Å². The third kappa shape index (κ3) is 2.93. The highest BCUT2D eigenvalue weighted by Crippen LogP contribution is 2.25. The molecule has 1 atom stereocenters. The van der Waals surface area contributed by atoms with Crippen molar-refractivity contribution in [3.8, 4) is 0 Å². The molecule has 0 aromatic carbocycles. The smallest absolute Gasteiger partial charge is 0.267 e. The number of halogens is 1. The van der Waals surface area contributed by atoms with Crippen molar-refractivity contribution in [1.29, 1.82) is 0 Å². The zero-order chi connectivity index (χ0) is 12.4. The number of hydrogen-bond acceptors (Lipinski definition) is 4. The number of carbonyl (C=O) groups is 2. The second-order valence-corrected chi connectivity index (χ2v) is 5.87. The lowest BCUT2D eigenvalue weighted by atomic mass is 10.4. The Hall–Kier alpha value is -0.740.